The summed E-state index contributed by atoms with van der Waals surface area (Å²) >= 11 is 0. The molecule has 0 spiro atoms. The van der Waals surface area contributed by atoms with Crippen molar-refractivity contribution in [2.24, 2.45) is 5.92 Å². The first kappa shape index (κ1) is 15.1. The summed E-state index contributed by atoms with van der Waals surface area (Å²) in [5, 5.41) is 3.02. The summed E-state index contributed by atoms with van der Waals surface area (Å²) in [5.41, 5.74) is 3.04. The molecular weight excluding hydrogens is 274 g/mol. The molecule has 1 unspecified atom stereocenters. The number of aryl methyl sites for hydroxylation is 2. The van der Waals surface area contributed by atoms with Crippen molar-refractivity contribution >= 4 is 22.6 Å². The number of benzene rings is 1. The van der Waals surface area contributed by atoms with Crippen LogP contribution >= 0.6 is 0 Å². The van der Waals surface area contributed by atoms with E-state index in [-0.39, 0.29) is 11.8 Å². The number of amides is 1. The van der Waals surface area contributed by atoms with E-state index in [0.717, 1.165) is 37.0 Å². The highest BCUT2D eigenvalue weighted by atomic mass is 16.1. The lowest BCUT2D eigenvalue weighted by molar-refractivity contribution is -0.119. The van der Waals surface area contributed by atoms with Gasteiger partial charge in [-0.25, -0.2) is 4.98 Å². The number of hydrogen-bond acceptors (Lipinski definition) is 2. The topological polar surface area (TPSA) is 46.9 Å². The first-order valence-corrected chi connectivity index (χ1v) is 8.49. The summed E-state index contributed by atoms with van der Waals surface area (Å²) in [6.07, 6.45) is 6.75. The molecule has 1 N–H and O–H groups in total. The molecule has 1 aromatic carbocycles. The van der Waals surface area contributed by atoms with E-state index >= 15 is 0 Å². The first-order valence-electron chi connectivity index (χ1n) is 8.49. The predicted molar refractivity (Wildman–Crippen MR) is 90.0 cm³/mol. The van der Waals surface area contributed by atoms with Crippen LogP contribution in [-0.2, 0) is 17.8 Å². The quantitative estimate of drug-likeness (QED) is 0.922. The maximum atomic E-state index is 12.1. The molecule has 4 nitrogen and oxygen atoms in total. The molecule has 4 heteroatoms. The Balaban J connectivity index is 1.83. The minimum atomic E-state index is 0.0550. The molecule has 0 saturated heterocycles. The molecule has 0 fully saturated rings. The minimum Gasteiger partial charge on any atom is -0.328 e. The molecule has 118 valence electrons. The average molecular weight is 299 g/mol. The maximum Gasteiger partial charge on any atom is 0.227 e. The smallest absolute Gasteiger partial charge is 0.227 e. The van der Waals surface area contributed by atoms with Crippen molar-refractivity contribution < 1.29 is 4.79 Å². The molecule has 0 aliphatic carbocycles. The van der Waals surface area contributed by atoms with Crippen LogP contribution in [0.5, 0.6) is 0 Å². The lowest BCUT2D eigenvalue weighted by atomic mass is 10.1. The molecule has 1 amide bonds. The maximum absolute atomic E-state index is 12.1. The van der Waals surface area contributed by atoms with Crippen molar-refractivity contribution in [3.05, 3.63) is 24.0 Å². The second-order valence-electron chi connectivity index (χ2n) is 6.37. The molecule has 1 aromatic heterocycles. The van der Waals surface area contributed by atoms with Crippen LogP contribution in [0, 0.1) is 5.92 Å². The van der Waals surface area contributed by atoms with E-state index < -0.39 is 0 Å². The van der Waals surface area contributed by atoms with Crippen molar-refractivity contribution in [1.82, 2.24) is 9.55 Å². The fourth-order valence-corrected chi connectivity index (χ4v) is 3.26. The third-order valence-corrected chi connectivity index (χ3v) is 4.55. The van der Waals surface area contributed by atoms with Crippen LogP contribution in [-0.4, -0.2) is 15.5 Å². The normalized spacial score (nSPS) is 16.1. The SMILES string of the molecule is CCCC(C)C(=O)Nc1ccc2c(c1)nc1n2CCCCC1. The monoisotopic (exact) mass is 299 g/mol. The number of carbonyl (C=O) groups excluding carboxylic acids is 1. The number of nitrogens with zero attached hydrogens (tertiary/aromatic N) is 2. The van der Waals surface area contributed by atoms with Crippen LogP contribution < -0.4 is 5.32 Å². The zero-order valence-corrected chi connectivity index (χ0v) is 13.6. The van der Waals surface area contributed by atoms with Crippen LogP contribution in [0.15, 0.2) is 18.2 Å². The summed E-state index contributed by atoms with van der Waals surface area (Å²) in [4.78, 5) is 16.9. The number of carbonyl (C=O) groups is 1. The zero-order valence-electron chi connectivity index (χ0n) is 13.6. The predicted octanol–water partition coefficient (Wildman–Crippen LogP) is 4.14. The van der Waals surface area contributed by atoms with Gasteiger partial charge in [-0.05, 0) is 37.5 Å². The van der Waals surface area contributed by atoms with E-state index in [2.05, 4.69) is 22.9 Å². The van der Waals surface area contributed by atoms with Gasteiger partial charge in [-0.2, -0.15) is 0 Å². The van der Waals surface area contributed by atoms with Gasteiger partial charge < -0.3 is 9.88 Å². The molecule has 0 radical (unpaired) electrons. The standard InChI is InChI=1S/C18H25N3O/c1-3-7-13(2)18(22)19-14-9-10-16-15(12-14)20-17-8-5-4-6-11-21(16)17/h9-10,12-13H,3-8,11H2,1-2H3,(H,19,22). The van der Waals surface area contributed by atoms with E-state index in [1.807, 2.05) is 19.1 Å². The largest absolute Gasteiger partial charge is 0.328 e. The summed E-state index contributed by atoms with van der Waals surface area (Å²) in [6.45, 7) is 5.15. The van der Waals surface area contributed by atoms with Gasteiger partial charge in [-0.1, -0.05) is 26.7 Å². The van der Waals surface area contributed by atoms with Crippen molar-refractivity contribution in [3.8, 4) is 0 Å². The number of imidazole rings is 1. The Hall–Kier alpha value is -1.84. The second-order valence-corrected chi connectivity index (χ2v) is 6.37. The molecule has 22 heavy (non-hydrogen) atoms. The van der Waals surface area contributed by atoms with Gasteiger partial charge >= 0.3 is 0 Å². The number of aromatic nitrogens is 2. The highest BCUT2D eigenvalue weighted by Gasteiger charge is 2.15. The highest BCUT2D eigenvalue weighted by molar-refractivity contribution is 5.94. The zero-order chi connectivity index (χ0) is 15.5. The highest BCUT2D eigenvalue weighted by Crippen LogP contribution is 2.24. The molecule has 2 heterocycles. The van der Waals surface area contributed by atoms with Crippen LogP contribution in [0.3, 0.4) is 0 Å². The first-order chi connectivity index (χ1) is 10.7. The Kier molecular flexibility index (Phi) is 4.46. The van der Waals surface area contributed by atoms with Crippen LogP contribution in [0.4, 0.5) is 5.69 Å². The van der Waals surface area contributed by atoms with E-state index in [1.54, 1.807) is 0 Å². The van der Waals surface area contributed by atoms with Gasteiger partial charge in [-0.15, -0.1) is 0 Å². The molecule has 0 saturated carbocycles. The van der Waals surface area contributed by atoms with E-state index in [0.29, 0.717) is 0 Å². The van der Waals surface area contributed by atoms with Crippen LogP contribution in [0.2, 0.25) is 0 Å². The number of nitrogens with one attached hydrogen (secondary N) is 1. The average Bonchev–Trinajstić information content (AvgIpc) is 2.68. The Morgan fingerprint density at radius 1 is 1.36 bits per heavy atom. The van der Waals surface area contributed by atoms with E-state index in [1.165, 1.54) is 30.6 Å². The Morgan fingerprint density at radius 3 is 3.05 bits per heavy atom. The molecule has 1 atom stereocenters. The minimum absolute atomic E-state index is 0.0550. The van der Waals surface area contributed by atoms with E-state index in [4.69, 9.17) is 4.98 Å². The number of hydrogen-bond donors (Lipinski definition) is 1. The molecule has 3 rings (SSSR count). The lowest BCUT2D eigenvalue weighted by Gasteiger charge is -2.11. The molecule has 1 aliphatic rings. The van der Waals surface area contributed by atoms with Gasteiger partial charge in [0, 0.05) is 24.6 Å². The van der Waals surface area contributed by atoms with Gasteiger partial charge in [0.2, 0.25) is 5.91 Å². The van der Waals surface area contributed by atoms with Crippen molar-refractivity contribution in [3.63, 3.8) is 0 Å². The fraction of sp³-hybridized carbons (Fsp3) is 0.556. The third kappa shape index (κ3) is 3.01. The van der Waals surface area contributed by atoms with Gasteiger partial charge in [0.05, 0.1) is 11.0 Å². The summed E-state index contributed by atoms with van der Waals surface area (Å²) in [6, 6.07) is 6.10. The van der Waals surface area contributed by atoms with Gasteiger partial charge in [0.25, 0.3) is 0 Å². The Morgan fingerprint density at radius 2 is 2.23 bits per heavy atom. The van der Waals surface area contributed by atoms with Crippen LogP contribution in [0.1, 0.15) is 51.8 Å². The Labute approximate surface area is 131 Å². The van der Waals surface area contributed by atoms with Gasteiger partial charge in [0.15, 0.2) is 0 Å². The van der Waals surface area contributed by atoms with Crippen molar-refractivity contribution in [2.75, 3.05) is 5.32 Å². The molecule has 0 bridgehead atoms. The second kappa shape index (κ2) is 6.51. The number of anilines is 1. The lowest BCUT2D eigenvalue weighted by Crippen LogP contribution is -2.20. The van der Waals surface area contributed by atoms with Gasteiger partial charge in [0.1, 0.15) is 5.82 Å². The summed E-state index contributed by atoms with van der Waals surface area (Å²) in [7, 11) is 0. The summed E-state index contributed by atoms with van der Waals surface area (Å²) in [5.74, 6) is 1.34. The number of fused-ring (bicyclic) bond motifs is 3. The van der Waals surface area contributed by atoms with Crippen LogP contribution in [0.25, 0.3) is 11.0 Å². The van der Waals surface area contributed by atoms with Crippen molar-refractivity contribution in [2.45, 2.75) is 58.9 Å². The molecule has 2 aromatic rings. The molecular formula is C18H25N3O. The Bertz CT molecular complexity index is 674. The third-order valence-electron chi connectivity index (χ3n) is 4.55. The number of rotatable bonds is 4. The van der Waals surface area contributed by atoms with Crippen molar-refractivity contribution in [1.29, 1.82) is 0 Å². The van der Waals surface area contributed by atoms with E-state index in [9.17, 15) is 4.79 Å². The van der Waals surface area contributed by atoms with Gasteiger partial charge in [-0.3, -0.25) is 4.79 Å². The fourth-order valence-electron chi connectivity index (χ4n) is 3.26. The summed E-state index contributed by atoms with van der Waals surface area (Å²) < 4.78 is 2.34. The molecule has 1 aliphatic heterocycles.